The first-order valence-electron chi connectivity index (χ1n) is 4.92. The molecule has 0 amide bonds. The van der Waals surface area contributed by atoms with Gasteiger partial charge in [0.05, 0.1) is 6.61 Å². The predicted molar refractivity (Wildman–Crippen MR) is 64.0 cm³/mol. The van der Waals surface area contributed by atoms with E-state index in [-0.39, 0.29) is 0 Å². The number of halogens is 1. The van der Waals surface area contributed by atoms with Gasteiger partial charge in [-0.25, -0.2) is 4.98 Å². The van der Waals surface area contributed by atoms with Crippen LogP contribution in [0, 0.1) is 0 Å². The van der Waals surface area contributed by atoms with Crippen LogP contribution in [0.2, 0.25) is 0 Å². The van der Waals surface area contributed by atoms with Gasteiger partial charge >= 0.3 is 0 Å². The number of hydrogen-bond acceptors (Lipinski definition) is 3. The summed E-state index contributed by atoms with van der Waals surface area (Å²) in [6.07, 6.45) is 1.65. The van der Waals surface area contributed by atoms with E-state index in [9.17, 15) is 0 Å². The second-order valence-electron chi connectivity index (χ2n) is 3.35. The van der Waals surface area contributed by atoms with Crippen molar-refractivity contribution in [2.45, 2.75) is 26.7 Å². The molecule has 0 unspecified atom stereocenters. The minimum atomic E-state index is 0.613. The van der Waals surface area contributed by atoms with Crippen molar-refractivity contribution >= 4 is 15.9 Å². The van der Waals surface area contributed by atoms with Crippen LogP contribution in [0.4, 0.5) is 0 Å². The van der Waals surface area contributed by atoms with Crippen LogP contribution < -0.4 is 4.74 Å². The molecule has 82 valence electrons. The number of aromatic nitrogens is 2. The Balaban J connectivity index is 2.60. The molecule has 0 aliphatic rings. The van der Waals surface area contributed by atoms with Crippen LogP contribution >= 0.6 is 15.9 Å². The Hall–Kier alpha value is -0.900. The van der Waals surface area contributed by atoms with Gasteiger partial charge in [0.1, 0.15) is 10.4 Å². The SMILES string of the molecule is C=C(C)CCOc1cc(Br)nc(CC)n1. The molecule has 1 aromatic heterocycles. The monoisotopic (exact) mass is 270 g/mol. The minimum Gasteiger partial charge on any atom is -0.477 e. The van der Waals surface area contributed by atoms with E-state index in [1.807, 2.05) is 13.8 Å². The van der Waals surface area contributed by atoms with Gasteiger partial charge < -0.3 is 4.74 Å². The van der Waals surface area contributed by atoms with E-state index in [0.29, 0.717) is 12.5 Å². The first kappa shape index (κ1) is 12.2. The molecule has 0 aliphatic heterocycles. The molecule has 1 heterocycles. The summed E-state index contributed by atoms with van der Waals surface area (Å²) in [6.45, 7) is 8.42. The number of nitrogens with zero attached hydrogens (tertiary/aromatic N) is 2. The fraction of sp³-hybridized carbons (Fsp3) is 0.455. The lowest BCUT2D eigenvalue weighted by Gasteiger charge is -2.06. The van der Waals surface area contributed by atoms with E-state index < -0.39 is 0 Å². The normalized spacial score (nSPS) is 10.1. The Labute approximate surface area is 98.7 Å². The Morgan fingerprint density at radius 3 is 2.87 bits per heavy atom. The summed E-state index contributed by atoms with van der Waals surface area (Å²) < 4.78 is 6.26. The molecule has 1 rings (SSSR count). The van der Waals surface area contributed by atoms with Crippen LogP contribution in [-0.2, 0) is 6.42 Å². The molecular formula is C11H15BrN2O. The van der Waals surface area contributed by atoms with E-state index in [1.165, 1.54) is 0 Å². The highest BCUT2D eigenvalue weighted by Crippen LogP contribution is 2.15. The second-order valence-corrected chi connectivity index (χ2v) is 4.17. The van der Waals surface area contributed by atoms with E-state index in [1.54, 1.807) is 6.07 Å². The third-order valence-electron chi connectivity index (χ3n) is 1.81. The Kier molecular flexibility index (Phi) is 4.75. The van der Waals surface area contributed by atoms with Crippen molar-refractivity contribution in [3.05, 3.63) is 28.6 Å². The lowest BCUT2D eigenvalue weighted by atomic mass is 10.3. The van der Waals surface area contributed by atoms with Gasteiger partial charge in [-0.2, -0.15) is 4.98 Å². The molecule has 0 aromatic carbocycles. The molecule has 0 radical (unpaired) electrons. The van der Waals surface area contributed by atoms with Crippen molar-refractivity contribution in [3.63, 3.8) is 0 Å². The van der Waals surface area contributed by atoms with Crippen LogP contribution in [0.15, 0.2) is 22.8 Å². The third-order valence-corrected chi connectivity index (χ3v) is 2.22. The number of rotatable bonds is 5. The number of ether oxygens (including phenoxy) is 1. The Morgan fingerprint density at radius 1 is 1.53 bits per heavy atom. The Bertz CT molecular complexity index is 352. The number of hydrogen-bond donors (Lipinski definition) is 0. The average Bonchev–Trinajstić information content (AvgIpc) is 2.16. The molecule has 0 atom stereocenters. The quantitative estimate of drug-likeness (QED) is 0.609. The highest BCUT2D eigenvalue weighted by Gasteiger charge is 2.02. The van der Waals surface area contributed by atoms with Crippen LogP contribution in [0.3, 0.4) is 0 Å². The Morgan fingerprint density at radius 2 is 2.27 bits per heavy atom. The van der Waals surface area contributed by atoms with E-state index in [0.717, 1.165) is 28.8 Å². The largest absolute Gasteiger partial charge is 0.477 e. The molecule has 4 heteroatoms. The highest BCUT2D eigenvalue weighted by molar-refractivity contribution is 9.10. The van der Waals surface area contributed by atoms with Crippen LogP contribution in [0.25, 0.3) is 0 Å². The highest BCUT2D eigenvalue weighted by atomic mass is 79.9. The van der Waals surface area contributed by atoms with Gasteiger partial charge in [-0.15, -0.1) is 6.58 Å². The fourth-order valence-electron chi connectivity index (χ4n) is 1.00. The molecule has 0 saturated heterocycles. The summed E-state index contributed by atoms with van der Waals surface area (Å²) in [4.78, 5) is 8.46. The third kappa shape index (κ3) is 4.42. The maximum absolute atomic E-state index is 5.50. The zero-order chi connectivity index (χ0) is 11.3. The van der Waals surface area contributed by atoms with Crippen molar-refractivity contribution in [2.75, 3.05) is 6.61 Å². The summed E-state index contributed by atoms with van der Waals surface area (Å²) in [7, 11) is 0. The van der Waals surface area contributed by atoms with E-state index >= 15 is 0 Å². The van der Waals surface area contributed by atoms with E-state index in [2.05, 4.69) is 32.5 Å². The molecule has 15 heavy (non-hydrogen) atoms. The van der Waals surface area contributed by atoms with Gasteiger partial charge in [0.15, 0.2) is 0 Å². The lowest BCUT2D eigenvalue weighted by molar-refractivity contribution is 0.307. The molecule has 0 bridgehead atoms. The minimum absolute atomic E-state index is 0.613. The average molecular weight is 271 g/mol. The van der Waals surface area contributed by atoms with Crippen LogP contribution in [-0.4, -0.2) is 16.6 Å². The number of aryl methyl sites for hydroxylation is 1. The molecule has 0 fully saturated rings. The molecule has 0 spiro atoms. The maximum atomic E-state index is 5.50. The molecule has 1 aromatic rings. The first-order valence-corrected chi connectivity index (χ1v) is 5.71. The van der Waals surface area contributed by atoms with Crippen molar-refractivity contribution < 1.29 is 4.74 Å². The first-order chi connectivity index (χ1) is 7.11. The van der Waals surface area contributed by atoms with Gasteiger partial charge in [0.2, 0.25) is 5.88 Å². The van der Waals surface area contributed by atoms with Gasteiger partial charge in [0, 0.05) is 18.9 Å². The van der Waals surface area contributed by atoms with Gasteiger partial charge in [0.25, 0.3) is 0 Å². The summed E-state index contributed by atoms with van der Waals surface area (Å²) in [5.74, 6) is 1.41. The summed E-state index contributed by atoms with van der Waals surface area (Å²) >= 11 is 3.33. The summed E-state index contributed by atoms with van der Waals surface area (Å²) in [5.41, 5.74) is 1.11. The zero-order valence-electron chi connectivity index (χ0n) is 9.09. The van der Waals surface area contributed by atoms with Crippen LogP contribution in [0.1, 0.15) is 26.1 Å². The van der Waals surface area contributed by atoms with Crippen molar-refractivity contribution in [1.82, 2.24) is 9.97 Å². The topological polar surface area (TPSA) is 35.0 Å². The zero-order valence-corrected chi connectivity index (χ0v) is 10.7. The summed E-state index contributed by atoms with van der Waals surface area (Å²) in [6, 6.07) is 1.78. The standard InChI is InChI=1S/C11H15BrN2O/c1-4-10-13-9(12)7-11(14-10)15-6-5-8(2)3/h7H,2,4-6H2,1,3H3. The fourth-order valence-corrected chi connectivity index (χ4v) is 1.40. The van der Waals surface area contributed by atoms with Crippen molar-refractivity contribution in [3.8, 4) is 5.88 Å². The predicted octanol–water partition coefficient (Wildman–Crippen LogP) is 3.15. The van der Waals surface area contributed by atoms with E-state index in [4.69, 9.17) is 4.74 Å². The van der Waals surface area contributed by atoms with Crippen molar-refractivity contribution in [2.24, 2.45) is 0 Å². The molecule has 0 N–H and O–H groups in total. The van der Waals surface area contributed by atoms with Crippen LogP contribution in [0.5, 0.6) is 5.88 Å². The molecular weight excluding hydrogens is 256 g/mol. The lowest BCUT2D eigenvalue weighted by Crippen LogP contribution is -2.02. The maximum Gasteiger partial charge on any atom is 0.217 e. The van der Waals surface area contributed by atoms with Gasteiger partial charge in [-0.05, 0) is 22.9 Å². The summed E-state index contributed by atoms with van der Waals surface area (Å²) in [5, 5.41) is 0. The smallest absolute Gasteiger partial charge is 0.217 e. The van der Waals surface area contributed by atoms with Crippen molar-refractivity contribution in [1.29, 1.82) is 0 Å². The second kappa shape index (κ2) is 5.85. The molecule has 3 nitrogen and oxygen atoms in total. The van der Waals surface area contributed by atoms with Gasteiger partial charge in [-0.1, -0.05) is 12.5 Å². The van der Waals surface area contributed by atoms with Gasteiger partial charge in [-0.3, -0.25) is 0 Å². The molecule has 0 aliphatic carbocycles. The molecule has 0 saturated carbocycles.